The third kappa shape index (κ3) is 5.55. The number of anilines is 2. The van der Waals surface area contributed by atoms with Crippen molar-refractivity contribution in [3.05, 3.63) is 58.1 Å². The molecule has 0 spiro atoms. The van der Waals surface area contributed by atoms with Crippen LogP contribution in [0.5, 0.6) is 0 Å². The number of carbonyl (C=O) groups excluding carboxylic acids is 2. The molecule has 0 unspecified atom stereocenters. The van der Waals surface area contributed by atoms with Crippen molar-refractivity contribution in [1.29, 1.82) is 0 Å². The molecule has 0 fully saturated rings. The van der Waals surface area contributed by atoms with Crippen LogP contribution in [0.1, 0.15) is 36.5 Å². The van der Waals surface area contributed by atoms with Crippen molar-refractivity contribution < 1.29 is 9.59 Å². The zero-order chi connectivity index (χ0) is 17.5. The van der Waals surface area contributed by atoms with Crippen LogP contribution in [0.15, 0.2) is 42.5 Å². The average Bonchev–Trinajstić information content (AvgIpc) is 2.52. The van der Waals surface area contributed by atoms with Gasteiger partial charge in [0.1, 0.15) is 0 Å². The molecule has 0 aliphatic carbocycles. The topological polar surface area (TPSA) is 58.2 Å². The van der Waals surface area contributed by atoms with Crippen LogP contribution in [0.2, 0.25) is 10.0 Å². The maximum Gasteiger partial charge on any atom is 0.255 e. The quantitative estimate of drug-likeness (QED) is 0.723. The van der Waals surface area contributed by atoms with E-state index in [9.17, 15) is 9.59 Å². The average molecular weight is 365 g/mol. The van der Waals surface area contributed by atoms with Crippen LogP contribution in [-0.2, 0) is 4.79 Å². The summed E-state index contributed by atoms with van der Waals surface area (Å²) in [6, 6.07) is 11.5. The van der Waals surface area contributed by atoms with Crippen LogP contribution < -0.4 is 10.6 Å². The molecule has 0 heterocycles. The summed E-state index contributed by atoms with van der Waals surface area (Å²) in [7, 11) is 0. The first-order chi connectivity index (χ1) is 11.5. The van der Waals surface area contributed by atoms with Gasteiger partial charge in [0, 0.05) is 33.4 Å². The Morgan fingerprint density at radius 3 is 2.12 bits per heavy atom. The molecular formula is C18H18Cl2N2O2. The number of amides is 2. The highest BCUT2D eigenvalue weighted by atomic mass is 35.5. The Morgan fingerprint density at radius 1 is 0.917 bits per heavy atom. The Kier molecular flexibility index (Phi) is 6.64. The summed E-state index contributed by atoms with van der Waals surface area (Å²) in [5.41, 5.74) is 1.66. The van der Waals surface area contributed by atoms with Gasteiger partial charge < -0.3 is 10.6 Å². The maximum absolute atomic E-state index is 12.2. The van der Waals surface area contributed by atoms with Crippen molar-refractivity contribution in [1.82, 2.24) is 0 Å². The van der Waals surface area contributed by atoms with E-state index in [0.29, 0.717) is 33.4 Å². The molecule has 0 aliphatic heterocycles. The molecule has 2 rings (SSSR count). The molecule has 6 heteroatoms. The minimum Gasteiger partial charge on any atom is -0.326 e. The number of hydrogen-bond donors (Lipinski definition) is 2. The SMILES string of the molecule is CCCCC(=O)Nc1ccc(C(=O)Nc2cc(Cl)cc(Cl)c2)cc1. The molecule has 24 heavy (non-hydrogen) atoms. The molecule has 0 saturated heterocycles. The van der Waals surface area contributed by atoms with E-state index in [0.717, 1.165) is 12.8 Å². The van der Waals surface area contributed by atoms with Crippen LogP contribution in [-0.4, -0.2) is 11.8 Å². The summed E-state index contributed by atoms with van der Waals surface area (Å²) in [4.78, 5) is 23.9. The molecule has 0 atom stereocenters. The number of rotatable bonds is 6. The number of carbonyl (C=O) groups is 2. The molecule has 4 nitrogen and oxygen atoms in total. The minimum absolute atomic E-state index is 0.0254. The Labute approximate surface area is 151 Å². The fourth-order valence-corrected chi connectivity index (χ4v) is 2.62. The van der Waals surface area contributed by atoms with Gasteiger partial charge in [0.15, 0.2) is 0 Å². The molecule has 2 aromatic carbocycles. The molecule has 2 amide bonds. The van der Waals surface area contributed by atoms with E-state index in [-0.39, 0.29) is 11.8 Å². The van der Waals surface area contributed by atoms with Gasteiger partial charge in [-0.15, -0.1) is 0 Å². The van der Waals surface area contributed by atoms with Crippen molar-refractivity contribution in [3.63, 3.8) is 0 Å². The lowest BCUT2D eigenvalue weighted by atomic mass is 10.1. The lowest BCUT2D eigenvalue weighted by Gasteiger charge is -2.08. The van der Waals surface area contributed by atoms with E-state index < -0.39 is 0 Å². The summed E-state index contributed by atoms with van der Waals surface area (Å²) < 4.78 is 0. The first-order valence-electron chi connectivity index (χ1n) is 7.65. The molecule has 0 aliphatic rings. The largest absolute Gasteiger partial charge is 0.326 e. The first kappa shape index (κ1) is 18.3. The monoisotopic (exact) mass is 364 g/mol. The lowest BCUT2D eigenvalue weighted by molar-refractivity contribution is -0.116. The number of hydrogen-bond acceptors (Lipinski definition) is 2. The fourth-order valence-electron chi connectivity index (χ4n) is 2.10. The van der Waals surface area contributed by atoms with Crippen LogP contribution in [0.3, 0.4) is 0 Å². The molecular weight excluding hydrogens is 347 g/mol. The second-order valence-electron chi connectivity index (χ2n) is 5.34. The predicted octanol–water partition coefficient (Wildman–Crippen LogP) is 5.37. The summed E-state index contributed by atoms with van der Waals surface area (Å²) in [6.07, 6.45) is 2.32. The van der Waals surface area contributed by atoms with Gasteiger partial charge in [0.25, 0.3) is 5.91 Å². The summed E-state index contributed by atoms with van der Waals surface area (Å²) in [6.45, 7) is 2.04. The van der Waals surface area contributed by atoms with Gasteiger partial charge in [-0.1, -0.05) is 36.5 Å². The van der Waals surface area contributed by atoms with Crippen LogP contribution >= 0.6 is 23.2 Å². The van der Waals surface area contributed by atoms with E-state index in [1.165, 1.54) is 0 Å². The van der Waals surface area contributed by atoms with Crippen molar-refractivity contribution in [2.75, 3.05) is 10.6 Å². The van der Waals surface area contributed by atoms with Gasteiger partial charge >= 0.3 is 0 Å². The molecule has 0 radical (unpaired) electrons. The third-order valence-electron chi connectivity index (χ3n) is 3.31. The molecule has 0 aromatic heterocycles. The Bertz CT molecular complexity index is 710. The second kappa shape index (κ2) is 8.71. The normalized spacial score (nSPS) is 10.3. The summed E-state index contributed by atoms with van der Waals surface area (Å²) in [5.74, 6) is -0.306. The number of unbranched alkanes of at least 4 members (excludes halogenated alkanes) is 1. The van der Waals surface area contributed by atoms with E-state index in [1.807, 2.05) is 6.92 Å². The Morgan fingerprint density at radius 2 is 1.54 bits per heavy atom. The summed E-state index contributed by atoms with van der Waals surface area (Å²) >= 11 is 11.8. The van der Waals surface area contributed by atoms with Gasteiger partial charge in [-0.3, -0.25) is 9.59 Å². The van der Waals surface area contributed by atoms with E-state index in [4.69, 9.17) is 23.2 Å². The van der Waals surface area contributed by atoms with Gasteiger partial charge in [-0.25, -0.2) is 0 Å². The summed E-state index contributed by atoms with van der Waals surface area (Å²) in [5, 5.41) is 6.43. The molecule has 0 saturated carbocycles. The van der Waals surface area contributed by atoms with Crippen LogP contribution in [0.25, 0.3) is 0 Å². The van der Waals surface area contributed by atoms with Crippen LogP contribution in [0, 0.1) is 0 Å². The van der Waals surface area contributed by atoms with Crippen molar-refractivity contribution in [3.8, 4) is 0 Å². The van der Waals surface area contributed by atoms with E-state index in [1.54, 1.807) is 42.5 Å². The molecule has 126 valence electrons. The smallest absolute Gasteiger partial charge is 0.255 e. The Hall–Kier alpha value is -2.04. The minimum atomic E-state index is -0.280. The highest BCUT2D eigenvalue weighted by Gasteiger charge is 2.08. The highest BCUT2D eigenvalue weighted by molar-refractivity contribution is 6.35. The molecule has 0 bridgehead atoms. The third-order valence-corrected chi connectivity index (χ3v) is 3.75. The van der Waals surface area contributed by atoms with E-state index in [2.05, 4.69) is 10.6 Å². The zero-order valence-corrected chi connectivity index (χ0v) is 14.7. The van der Waals surface area contributed by atoms with E-state index >= 15 is 0 Å². The van der Waals surface area contributed by atoms with Gasteiger partial charge in [-0.2, -0.15) is 0 Å². The lowest BCUT2D eigenvalue weighted by Crippen LogP contribution is -2.13. The maximum atomic E-state index is 12.2. The van der Waals surface area contributed by atoms with Gasteiger partial charge in [0.05, 0.1) is 0 Å². The van der Waals surface area contributed by atoms with Gasteiger partial charge in [-0.05, 0) is 48.9 Å². The Balaban J connectivity index is 1.99. The number of nitrogens with one attached hydrogen (secondary N) is 2. The number of halogens is 2. The first-order valence-corrected chi connectivity index (χ1v) is 8.41. The zero-order valence-electron chi connectivity index (χ0n) is 13.2. The molecule has 2 N–H and O–H groups in total. The van der Waals surface area contributed by atoms with Gasteiger partial charge in [0.2, 0.25) is 5.91 Å². The second-order valence-corrected chi connectivity index (χ2v) is 6.21. The standard InChI is InChI=1S/C18H18Cl2N2O2/c1-2-3-4-17(23)21-15-7-5-12(6-8-15)18(24)22-16-10-13(19)9-14(20)11-16/h5-11H,2-4H2,1H3,(H,21,23)(H,22,24). The predicted molar refractivity (Wildman–Crippen MR) is 99.0 cm³/mol. The van der Waals surface area contributed by atoms with Crippen molar-refractivity contribution in [2.24, 2.45) is 0 Å². The fraction of sp³-hybridized carbons (Fsp3) is 0.222. The number of benzene rings is 2. The van der Waals surface area contributed by atoms with Crippen molar-refractivity contribution in [2.45, 2.75) is 26.2 Å². The van der Waals surface area contributed by atoms with Crippen molar-refractivity contribution >= 4 is 46.4 Å². The van der Waals surface area contributed by atoms with Crippen LogP contribution in [0.4, 0.5) is 11.4 Å². The molecule has 2 aromatic rings. The highest BCUT2D eigenvalue weighted by Crippen LogP contribution is 2.23.